The normalized spacial score (nSPS) is 10.5. The maximum absolute atomic E-state index is 13.2. The van der Waals surface area contributed by atoms with Gasteiger partial charge in [0, 0.05) is 11.8 Å². The van der Waals surface area contributed by atoms with Gasteiger partial charge < -0.3 is 14.8 Å². The van der Waals surface area contributed by atoms with Crippen LogP contribution >= 0.6 is 11.6 Å². The van der Waals surface area contributed by atoms with E-state index in [9.17, 15) is 9.59 Å². The van der Waals surface area contributed by atoms with Crippen LogP contribution < -0.4 is 15.6 Å². The van der Waals surface area contributed by atoms with Gasteiger partial charge in [0.05, 0.1) is 25.3 Å². The number of pyridine rings is 1. The molecular weight excluding hydrogens is 408 g/mol. The third kappa shape index (κ3) is 4.77. The van der Waals surface area contributed by atoms with Gasteiger partial charge in [-0.25, -0.2) is 14.8 Å². The van der Waals surface area contributed by atoms with Crippen LogP contribution in [0.4, 0.5) is 11.5 Å². The molecule has 30 heavy (non-hydrogen) atoms. The summed E-state index contributed by atoms with van der Waals surface area (Å²) in [5, 5.41) is 3.05. The summed E-state index contributed by atoms with van der Waals surface area (Å²) >= 11 is 6.40. The number of rotatable bonds is 7. The van der Waals surface area contributed by atoms with E-state index in [2.05, 4.69) is 15.3 Å². The molecule has 0 amide bonds. The van der Waals surface area contributed by atoms with Crippen LogP contribution in [-0.4, -0.2) is 34.2 Å². The predicted molar refractivity (Wildman–Crippen MR) is 114 cm³/mol. The Hall–Kier alpha value is -3.39. The van der Waals surface area contributed by atoms with Gasteiger partial charge in [-0.1, -0.05) is 23.7 Å². The molecule has 0 atom stereocenters. The van der Waals surface area contributed by atoms with E-state index in [4.69, 9.17) is 21.1 Å². The maximum Gasteiger partial charge on any atom is 0.356 e. The Labute approximate surface area is 178 Å². The van der Waals surface area contributed by atoms with Gasteiger partial charge in [0.2, 0.25) is 0 Å². The van der Waals surface area contributed by atoms with Crippen molar-refractivity contribution in [2.24, 2.45) is 0 Å². The fraction of sp³-hybridized carbons (Fsp3) is 0.238. The lowest BCUT2D eigenvalue weighted by Gasteiger charge is -2.16. The molecule has 1 N–H and O–H groups in total. The Balaban J connectivity index is 2.08. The van der Waals surface area contributed by atoms with Crippen molar-refractivity contribution in [3.05, 3.63) is 75.1 Å². The molecule has 1 aromatic carbocycles. The molecule has 0 unspecified atom stereocenters. The molecule has 2 heterocycles. The predicted octanol–water partition coefficient (Wildman–Crippen LogP) is 3.58. The number of carbonyl (C=O) groups is 1. The van der Waals surface area contributed by atoms with Crippen LogP contribution in [-0.2, 0) is 11.3 Å². The summed E-state index contributed by atoms with van der Waals surface area (Å²) in [7, 11) is 1.57. The zero-order chi connectivity index (χ0) is 21.7. The van der Waals surface area contributed by atoms with Gasteiger partial charge in [-0.15, -0.1) is 0 Å². The SMILES string of the molecule is CCOC(=O)c1c(Cl)cc(Nc2cc(C)ncn2)c(=O)n1Cc1ccc(OC)cc1. The number of hydrogen-bond donors (Lipinski definition) is 1. The van der Waals surface area contributed by atoms with Gasteiger partial charge >= 0.3 is 5.97 Å². The fourth-order valence-corrected chi connectivity index (χ4v) is 3.14. The third-order valence-electron chi connectivity index (χ3n) is 4.28. The Kier molecular flexibility index (Phi) is 6.68. The smallest absolute Gasteiger partial charge is 0.356 e. The van der Waals surface area contributed by atoms with Gasteiger partial charge in [0.15, 0.2) is 0 Å². The molecule has 0 saturated heterocycles. The first-order valence-electron chi connectivity index (χ1n) is 9.22. The number of aryl methyl sites for hydroxylation is 1. The highest BCUT2D eigenvalue weighted by Gasteiger charge is 2.21. The van der Waals surface area contributed by atoms with Crippen molar-refractivity contribution in [1.82, 2.24) is 14.5 Å². The minimum Gasteiger partial charge on any atom is -0.497 e. The van der Waals surface area contributed by atoms with Crippen LogP contribution in [0.2, 0.25) is 5.02 Å². The van der Waals surface area contributed by atoms with Crippen molar-refractivity contribution in [2.75, 3.05) is 19.0 Å². The molecule has 2 aromatic heterocycles. The first-order valence-corrected chi connectivity index (χ1v) is 9.59. The number of esters is 1. The fourth-order valence-electron chi connectivity index (χ4n) is 2.85. The number of anilines is 2. The number of methoxy groups -OCH3 is 1. The molecule has 3 aromatic rings. The van der Waals surface area contributed by atoms with Crippen molar-refractivity contribution in [3.63, 3.8) is 0 Å². The van der Waals surface area contributed by atoms with Crippen molar-refractivity contribution >= 4 is 29.1 Å². The molecule has 8 nitrogen and oxygen atoms in total. The minimum atomic E-state index is -0.669. The second-order valence-corrected chi connectivity index (χ2v) is 6.79. The minimum absolute atomic E-state index is 0.0104. The van der Waals surface area contributed by atoms with Gasteiger partial charge in [-0.05, 0) is 37.6 Å². The first kappa shape index (κ1) is 21.3. The molecule has 0 fully saturated rings. The summed E-state index contributed by atoms with van der Waals surface area (Å²) in [6.45, 7) is 3.78. The van der Waals surface area contributed by atoms with Crippen LogP contribution in [0.3, 0.4) is 0 Å². The number of benzene rings is 1. The number of halogens is 1. The van der Waals surface area contributed by atoms with Crippen molar-refractivity contribution < 1.29 is 14.3 Å². The van der Waals surface area contributed by atoms with Crippen LogP contribution in [0, 0.1) is 6.92 Å². The van der Waals surface area contributed by atoms with Crippen LogP contribution in [0.1, 0.15) is 28.7 Å². The van der Waals surface area contributed by atoms with Crippen LogP contribution in [0.5, 0.6) is 5.75 Å². The van der Waals surface area contributed by atoms with Crippen LogP contribution in [0.25, 0.3) is 0 Å². The quantitative estimate of drug-likeness (QED) is 0.574. The van der Waals surface area contributed by atoms with E-state index in [-0.39, 0.29) is 29.6 Å². The molecule has 0 aliphatic heterocycles. The van der Waals surface area contributed by atoms with E-state index in [0.717, 1.165) is 11.3 Å². The van der Waals surface area contributed by atoms with Crippen LogP contribution in [0.15, 0.2) is 47.5 Å². The van der Waals surface area contributed by atoms with E-state index in [1.54, 1.807) is 32.2 Å². The largest absolute Gasteiger partial charge is 0.497 e. The van der Waals surface area contributed by atoms with Gasteiger partial charge in [-0.2, -0.15) is 0 Å². The number of carbonyl (C=O) groups excluding carboxylic acids is 1. The zero-order valence-electron chi connectivity index (χ0n) is 16.8. The summed E-state index contributed by atoms with van der Waals surface area (Å²) in [4.78, 5) is 33.9. The lowest BCUT2D eigenvalue weighted by molar-refractivity contribution is 0.0513. The lowest BCUT2D eigenvalue weighted by atomic mass is 10.2. The standard InChI is InChI=1S/C21H21ClN4O4/c1-4-30-21(28)19-16(22)10-17(25-18-9-13(2)23-12-24-18)20(27)26(19)11-14-5-7-15(29-3)8-6-14/h5-10,12H,4,11H2,1-3H3,(H,23,24,25). The molecule has 0 spiro atoms. The molecule has 9 heteroatoms. The highest BCUT2D eigenvalue weighted by Crippen LogP contribution is 2.22. The maximum atomic E-state index is 13.2. The lowest BCUT2D eigenvalue weighted by Crippen LogP contribution is -2.29. The van der Waals surface area contributed by atoms with E-state index in [1.807, 2.05) is 19.1 Å². The van der Waals surface area contributed by atoms with E-state index < -0.39 is 11.5 Å². The third-order valence-corrected chi connectivity index (χ3v) is 4.57. The van der Waals surface area contributed by atoms with Gasteiger partial charge in [0.1, 0.15) is 29.3 Å². The molecule has 3 rings (SSSR count). The topological polar surface area (TPSA) is 95.3 Å². The second-order valence-electron chi connectivity index (χ2n) is 6.38. The number of nitrogens with one attached hydrogen (secondary N) is 1. The number of nitrogens with zero attached hydrogens (tertiary/aromatic N) is 3. The molecule has 0 saturated carbocycles. The summed E-state index contributed by atoms with van der Waals surface area (Å²) in [6, 6.07) is 10.3. The molecule has 0 aliphatic rings. The van der Waals surface area contributed by atoms with Gasteiger partial charge in [0.25, 0.3) is 5.56 Å². The molecule has 0 radical (unpaired) electrons. The first-order chi connectivity index (χ1) is 14.4. The zero-order valence-corrected chi connectivity index (χ0v) is 17.6. The summed E-state index contributed by atoms with van der Waals surface area (Å²) in [5.74, 6) is 0.456. The Bertz CT molecular complexity index is 1110. The van der Waals surface area contributed by atoms with Gasteiger partial charge in [-0.3, -0.25) is 9.36 Å². The second kappa shape index (κ2) is 9.41. The summed E-state index contributed by atoms with van der Waals surface area (Å²) in [6.07, 6.45) is 1.39. The molecular formula is C21H21ClN4O4. The van der Waals surface area contributed by atoms with Crippen molar-refractivity contribution in [3.8, 4) is 5.75 Å². The van der Waals surface area contributed by atoms with Crippen molar-refractivity contribution in [2.45, 2.75) is 20.4 Å². The van der Waals surface area contributed by atoms with E-state index in [0.29, 0.717) is 11.6 Å². The van der Waals surface area contributed by atoms with E-state index >= 15 is 0 Å². The number of aromatic nitrogens is 3. The average molecular weight is 429 g/mol. The summed E-state index contributed by atoms with van der Waals surface area (Å²) in [5.41, 5.74) is 1.26. The van der Waals surface area contributed by atoms with E-state index in [1.165, 1.54) is 17.0 Å². The molecule has 0 bridgehead atoms. The Morgan fingerprint density at radius 1 is 1.20 bits per heavy atom. The Morgan fingerprint density at radius 2 is 1.93 bits per heavy atom. The summed E-state index contributed by atoms with van der Waals surface area (Å²) < 4.78 is 11.6. The highest BCUT2D eigenvalue weighted by molar-refractivity contribution is 6.33. The monoisotopic (exact) mass is 428 g/mol. The number of hydrogen-bond acceptors (Lipinski definition) is 7. The number of ether oxygens (including phenoxy) is 2. The molecule has 156 valence electrons. The average Bonchev–Trinajstić information content (AvgIpc) is 2.72. The molecule has 0 aliphatic carbocycles. The highest BCUT2D eigenvalue weighted by atomic mass is 35.5. The van der Waals surface area contributed by atoms with Crippen molar-refractivity contribution in [1.29, 1.82) is 0 Å². The Morgan fingerprint density at radius 3 is 2.57 bits per heavy atom.